The van der Waals surface area contributed by atoms with Crippen molar-refractivity contribution in [3.8, 4) is 0 Å². The van der Waals surface area contributed by atoms with Gasteiger partial charge in [-0.1, -0.05) is 23.7 Å². The van der Waals surface area contributed by atoms with Crippen molar-refractivity contribution in [3.63, 3.8) is 0 Å². The minimum absolute atomic E-state index is 0.0342. The maximum absolute atomic E-state index is 13.7. The van der Waals surface area contributed by atoms with Crippen LogP contribution in [0.3, 0.4) is 0 Å². The normalized spacial score (nSPS) is 11.4. The molecule has 0 atom stereocenters. The first kappa shape index (κ1) is 15.8. The number of hydrogen-bond donors (Lipinski definition) is 2. The number of aliphatic hydroxyl groups is 1. The molecule has 2 N–H and O–H groups in total. The van der Waals surface area contributed by atoms with Crippen LogP contribution in [0.15, 0.2) is 41.3 Å². The molecular weight excluding hydrogens is 317 g/mol. The summed E-state index contributed by atoms with van der Waals surface area (Å²) in [6.45, 7) is 1.47. The largest absolute Gasteiger partial charge is 0.392 e. The van der Waals surface area contributed by atoms with Gasteiger partial charge in [0.05, 0.1) is 16.5 Å². The molecule has 0 aliphatic heterocycles. The lowest BCUT2D eigenvalue weighted by Crippen LogP contribution is -2.15. The molecule has 2 aromatic carbocycles. The lowest BCUT2D eigenvalue weighted by molar-refractivity contribution is 0.281. The van der Waals surface area contributed by atoms with Crippen LogP contribution >= 0.6 is 11.6 Å². The van der Waals surface area contributed by atoms with Crippen LogP contribution in [0.5, 0.6) is 0 Å². The molecule has 0 radical (unpaired) electrons. The number of nitrogens with one attached hydrogen (secondary N) is 1. The van der Waals surface area contributed by atoms with Crippen LogP contribution in [0.2, 0.25) is 5.02 Å². The van der Waals surface area contributed by atoms with Gasteiger partial charge in [0.2, 0.25) is 0 Å². The summed E-state index contributed by atoms with van der Waals surface area (Å²) in [5.74, 6) is -0.763. The number of benzene rings is 2. The summed E-state index contributed by atoms with van der Waals surface area (Å²) < 4.78 is 40.3. The molecule has 0 amide bonds. The van der Waals surface area contributed by atoms with E-state index in [-0.39, 0.29) is 22.2 Å². The molecule has 21 heavy (non-hydrogen) atoms. The zero-order valence-electron chi connectivity index (χ0n) is 11.1. The Bertz CT molecular complexity index is 758. The van der Waals surface area contributed by atoms with Crippen LogP contribution in [-0.2, 0) is 16.6 Å². The van der Waals surface area contributed by atoms with Gasteiger partial charge in [-0.25, -0.2) is 12.8 Å². The van der Waals surface area contributed by atoms with Gasteiger partial charge in [0.25, 0.3) is 10.0 Å². The first-order chi connectivity index (χ1) is 9.85. The molecule has 112 valence electrons. The minimum Gasteiger partial charge on any atom is -0.392 e. The monoisotopic (exact) mass is 329 g/mol. The van der Waals surface area contributed by atoms with E-state index < -0.39 is 15.8 Å². The molecule has 0 saturated carbocycles. The van der Waals surface area contributed by atoms with Crippen molar-refractivity contribution in [1.29, 1.82) is 0 Å². The van der Waals surface area contributed by atoms with Crippen LogP contribution in [0, 0.1) is 12.7 Å². The topological polar surface area (TPSA) is 66.4 Å². The van der Waals surface area contributed by atoms with E-state index in [0.29, 0.717) is 5.56 Å². The van der Waals surface area contributed by atoms with Gasteiger partial charge in [0.1, 0.15) is 11.5 Å². The number of hydrogen-bond acceptors (Lipinski definition) is 3. The van der Waals surface area contributed by atoms with Crippen molar-refractivity contribution in [3.05, 3.63) is 58.4 Å². The van der Waals surface area contributed by atoms with Crippen molar-refractivity contribution < 1.29 is 17.9 Å². The van der Waals surface area contributed by atoms with E-state index in [4.69, 9.17) is 11.6 Å². The fourth-order valence-electron chi connectivity index (χ4n) is 1.77. The van der Waals surface area contributed by atoms with Crippen molar-refractivity contribution in [1.82, 2.24) is 0 Å². The highest BCUT2D eigenvalue weighted by Gasteiger charge is 2.19. The highest BCUT2D eigenvalue weighted by molar-refractivity contribution is 7.92. The molecule has 0 bridgehead atoms. The number of aryl methyl sites for hydroxylation is 1. The number of anilines is 1. The second-order valence-corrected chi connectivity index (χ2v) is 6.54. The SMILES string of the molecule is Cc1ccc(S(=O)(=O)Nc2c(F)cccc2Cl)cc1CO. The average molecular weight is 330 g/mol. The number of halogens is 2. The molecule has 7 heteroatoms. The van der Waals surface area contributed by atoms with Crippen molar-refractivity contribution in [2.45, 2.75) is 18.4 Å². The Labute approximate surface area is 127 Å². The molecule has 0 heterocycles. The molecule has 0 fully saturated rings. The summed E-state index contributed by atoms with van der Waals surface area (Å²) in [6, 6.07) is 8.17. The maximum Gasteiger partial charge on any atom is 0.262 e. The average Bonchev–Trinajstić information content (AvgIpc) is 2.43. The van der Waals surface area contributed by atoms with Gasteiger partial charge in [-0.05, 0) is 42.3 Å². The highest BCUT2D eigenvalue weighted by atomic mass is 35.5. The zero-order valence-corrected chi connectivity index (χ0v) is 12.7. The Balaban J connectivity index is 2.44. The van der Waals surface area contributed by atoms with Crippen LogP contribution < -0.4 is 4.72 Å². The van der Waals surface area contributed by atoms with E-state index in [0.717, 1.165) is 11.6 Å². The predicted molar refractivity (Wildman–Crippen MR) is 79.3 cm³/mol. The van der Waals surface area contributed by atoms with Crippen LogP contribution in [-0.4, -0.2) is 13.5 Å². The summed E-state index contributed by atoms with van der Waals surface area (Å²) >= 11 is 5.80. The van der Waals surface area contributed by atoms with Crippen LogP contribution in [0.1, 0.15) is 11.1 Å². The molecular formula is C14H13ClFNO3S. The van der Waals surface area contributed by atoms with E-state index >= 15 is 0 Å². The zero-order chi connectivity index (χ0) is 15.6. The van der Waals surface area contributed by atoms with E-state index in [1.54, 1.807) is 13.0 Å². The van der Waals surface area contributed by atoms with Gasteiger partial charge >= 0.3 is 0 Å². The predicted octanol–water partition coefficient (Wildman–Crippen LogP) is 3.08. The summed E-state index contributed by atoms with van der Waals surface area (Å²) in [7, 11) is -3.99. The van der Waals surface area contributed by atoms with Crippen molar-refractivity contribution in [2.75, 3.05) is 4.72 Å². The third-order valence-electron chi connectivity index (χ3n) is 3.00. The lowest BCUT2D eigenvalue weighted by Gasteiger charge is -2.12. The number of para-hydroxylation sites is 1. The van der Waals surface area contributed by atoms with Crippen molar-refractivity contribution >= 4 is 27.3 Å². The van der Waals surface area contributed by atoms with Gasteiger partial charge in [-0.15, -0.1) is 0 Å². The molecule has 4 nitrogen and oxygen atoms in total. The lowest BCUT2D eigenvalue weighted by atomic mass is 10.1. The first-order valence-corrected chi connectivity index (χ1v) is 7.88. The minimum atomic E-state index is -3.99. The summed E-state index contributed by atoms with van der Waals surface area (Å²) in [4.78, 5) is -0.0727. The smallest absolute Gasteiger partial charge is 0.262 e. The molecule has 2 rings (SSSR count). The Morgan fingerprint density at radius 1 is 1.29 bits per heavy atom. The molecule has 0 saturated heterocycles. The fourth-order valence-corrected chi connectivity index (χ4v) is 3.18. The molecule has 0 aliphatic rings. The Morgan fingerprint density at radius 2 is 2.00 bits per heavy atom. The van der Waals surface area contributed by atoms with Crippen molar-refractivity contribution in [2.24, 2.45) is 0 Å². The fraction of sp³-hybridized carbons (Fsp3) is 0.143. The van der Waals surface area contributed by atoms with E-state index in [9.17, 15) is 17.9 Å². The van der Waals surface area contributed by atoms with Gasteiger partial charge < -0.3 is 5.11 Å². The second kappa shape index (κ2) is 6.01. The maximum atomic E-state index is 13.7. The Morgan fingerprint density at radius 3 is 2.62 bits per heavy atom. The third-order valence-corrected chi connectivity index (χ3v) is 4.66. The van der Waals surface area contributed by atoms with Gasteiger partial charge in [-0.2, -0.15) is 0 Å². The van der Waals surface area contributed by atoms with E-state index in [1.807, 2.05) is 0 Å². The van der Waals surface area contributed by atoms with Gasteiger partial charge in [-0.3, -0.25) is 4.72 Å². The van der Waals surface area contributed by atoms with Crippen LogP contribution in [0.25, 0.3) is 0 Å². The Kier molecular flexibility index (Phi) is 4.51. The highest BCUT2D eigenvalue weighted by Crippen LogP contribution is 2.27. The quantitative estimate of drug-likeness (QED) is 0.906. The third kappa shape index (κ3) is 3.34. The number of aliphatic hydroxyl groups excluding tert-OH is 1. The molecule has 2 aromatic rings. The molecule has 0 aliphatic carbocycles. The number of rotatable bonds is 4. The standard InChI is InChI=1S/C14H13ClFNO3S/c1-9-5-6-11(7-10(9)8-18)21(19,20)17-14-12(15)3-2-4-13(14)16/h2-7,17-18H,8H2,1H3. The van der Waals surface area contributed by atoms with Gasteiger partial charge in [0.15, 0.2) is 0 Å². The Hall–Kier alpha value is -1.63. The second-order valence-electron chi connectivity index (χ2n) is 4.45. The molecule has 0 aromatic heterocycles. The number of sulfonamides is 1. The summed E-state index contributed by atoms with van der Waals surface area (Å²) in [5.41, 5.74) is 0.947. The van der Waals surface area contributed by atoms with E-state index in [1.165, 1.54) is 24.3 Å². The first-order valence-electron chi connectivity index (χ1n) is 6.02. The summed E-state index contributed by atoms with van der Waals surface area (Å²) in [6.07, 6.45) is 0. The van der Waals surface area contributed by atoms with Crippen LogP contribution in [0.4, 0.5) is 10.1 Å². The van der Waals surface area contributed by atoms with E-state index in [2.05, 4.69) is 4.72 Å². The van der Waals surface area contributed by atoms with Gasteiger partial charge in [0, 0.05) is 0 Å². The summed E-state index contributed by atoms with van der Waals surface area (Å²) in [5, 5.41) is 9.16. The molecule has 0 unspecified atom stereocenters. The molecule has 0 spiro atoms.